The van der Waals surface area contributed by atoms with Crippen molar-refractivity contribution in [2.24, 2.45) is 5.73 Å². The zero-order chi connectivity index (χ0) is 15.0. The van der Waals surface area contributed by atoms with Gasteiger partial charge in [-0.2, -0.15) is 0 Å². The van der Waals surface area contributed by atoms with Crippen LogP contribution in [0, 0.1) is 0 Å². The fourth-order valence-electron chi connectivity index (χ4n) is 2.32. The normalized spacial score (nSPS) is 12.4. The Labute approximate surface area is 123 Å². The minimum atomic E-state index is -0.443. The van der Waals surface area contributed by atoms with E-state index in [1.165, 1.54) is 0 Å². The van der Waals surface area contributed by atoms with E-state index in [0.717, 1.165) is 31.4 Å². The third-order valence-electron chi connectivity index (χ3n) is 3.52. The second kappa shape index (κ2) is 8.75. The van der Waals surface area contributed by atoms with Crippen LogP contribution < -0.4 is 5.73 Å². The number of nitrogens with two attached hydrogens (primary N) is 1. The van der Waals surface area contributed by atoms with Crippen molar-refractivity contribution in [1.82, 2.24) is 4.90 Å². The maximum absolute atomic E-state index is 12.5. The zero-order valence-electron chi connectivity index (χ0n) is 13.0. The summed E-state index contributed by atoms with van der Waals surface area (Å²) < 4.78 is 0. The molecule has 1 atom stereocenters. The molecule has 1 aromatic carbocycles. The van der Waals surface area contributed by atoms with Gasteiger partial charge >= 0.3 is 0 Å². The molecule has 0 saturated heterocycles. The quantitative estimate of drug-likeness (QED) is 0.742. The first-order chi connectivity index (χ1) is 9.56. The van der Waals surface area contributed by atoms with Crippen molar-refractivity contribution >= 4 is 5.91 Å². The van der Waals surface area contributed by atoms with Crippen molar-refractivity contribution in [2.75, 3.05) is 6.54 Å². The van der Waals surface area contributed by atoms with Gasteiger partial charge < -0.3 is 10.6 Å². The number of nitrogens with zero attached hydrogens (tertiary/aromatic N) is 1. The molecule has 112 valence electrons. The van der Waals surface area contributed by atoms with Gasteiger partial charge in [0.15, 0.2) is 0 Å². The Morgan fingerprint density at radius 3 is 2.40 bits per heavy atom. The minimum absolute atomic E-state index is 0.0694. The van der Waals surface area contributed by atoms with Gasteiger partial charge in [0.05, 0.1) is 6.04 Å². The van der Waals surface area contributed by atoms with Gasteiger partial charge in [0.1, 0.15) is 0 Å². The van der Waals surface area contributed by atoms with E-state index in [0.29, 0.717) is 6.42 Å². The molecule has 0 fully saturated rings. The molecule has 3 nitrogen and oxygen atoms in total. The molecule has 1 rings (SSSR count). The Morgan fingerprint density at radius 1 is 1.20 bits per heavy atom. The smallest absolute Gasteiger partial charge is 0.240 e. The van der Waals surface area contributed by atoms with Crippen LogP contribution >= 0.6 is 0 Å². The Hall–Kier alpha value is -1.35. The average Bonchev–Trinajstić information content (AvgIpc) is 2.43. The topological polar surface area (TPSA) is 46.3 Å². The lowest BCUT2D eigenvalue weighted by atomic mass is 10.0. The van der Waals surface area contributed by atoms with E-state index < -0.39 is 6.04 Å². The fourth-order valence-corrected chi connectivity index (χ4v) is 2.32. The number of carbonyl (C=O) groups excluding carboxylic acids is 1. The highest BCUT2D eigenvalue weighted by atomic mass is 16.2. The predicted octanol–water partition coefficient (Wildman–Crippen LogP) is 2.98. The van der Waals surface area contributed by atoms with Crippen LogP contribution in [0.3, 0.4) is 0 Å². The van der Waals surface area contributed by atoms with Crippen molar-refractivity contribution in [3.63, 3.8) is 0 Å². The molecular weight excluding hydrogens is 248 g/mol. The monoisotopic (exact) mass is 276 g/mol. The highest BCUT2D eigenvalue weighted by Gasteiger charge is 2.22. The van der Waals surface area contributed by atoms with E-state index in [9.17, 15) is 4.79 Å². The number of amides is 1. The van der Waals surface area contributed by atoms with Crippen molar-refractivity contribution in [2.45, 2.75) is 58.5 Å². The van der Waals surface area contributed by atoms with Gasteiger partial charge in [-0.1, -0.05) is 50.1 Å². The third kappa shape index (κ3) is 5.33. The molecule has 0 heterocycles. The molecule has 20 heavy (non-hydrogen) atoms. The Kier molecular flexibility index (Phi) is 7.31. The van der Waals surface area contributed by atoms with E-state index in [1.807, 2.05) is 35.2 Å². The van der Waals surface area contributed by atoms with Gasteiger partial charge in [-0.05, 0) is 32.3 Å². The van der Waals surface area contributed by atoms with Crippen LogP contribution in [-0.4, -0.2) is 29.4 Å². The summed E-state index contributed by atoms with van der Waals surface area (Å²) in [4.78, 5) is 14.4. The van der Waals surface area contributed by atoms with Crippen molar-refractivity contribution in [3.8, 4) is 0 Å². The number of carbonyl (C=O) groups is 1. The largest absolute Gasteiger partial charge is 0.339 e. The molecule has 0 aliphatic heterocycles. The number of rotatable bonds is 8. The van der Waals surface area contributed by atoms with Gasteiger partial charge in [-0.3, -0.25) is 4.79 Å². The van der Waals surface area contributed by atoms with Gasteiger partial charge in [0.25, 0.3) is 0 Å². The molecule has 0 saturated carbocycles. The summed E-state index contributed by atoms with van der Waals surface area (Å²) in [5, 5.41) is 0. The van der Waals surface area contributed by atoms with Crippen molar-refractivity contribution in [3.05, 3.63) is 35.9 Å². The van der Waals surface area contributed by atoms with Crippen LogP contribution in [0.4, 0.5) is 0 Å². The number of hydrogen-bond donors (Lipinski definition) is 1. The van der Waals surface area contributed by atoms with E-state index in [-0.39, 0.29) is 11.9 Å². The lowest BCUT2D eigenvalue weighted by molar-refractivity contribution is -0.134. The highest BCUT2D eigenvalue weighted by molar-refractivity contribution is 5.82. The fraction of sp³-hybridized carbons (Fsp3) is 0.588. The summed E-state index contributed by atoms with van der Waals surface area (Å²) in [6.07, 6.45) is 3.98. The summed E-state index contributed by atoms with van der Waals surface area (Å²) in [5.74, 6) is 0.0694. The Bertz CT molecular complexity index is 389. The maximum atomic E-state index is 12.5. The van der Waals surface area contributed by atoms with Crippen molar-refractivity contribution in [1.29, 1.82) is 0 Å². The molecule has 0 bridgehead atoms. The molecule has 0 aliphatic rings. The van der Waals surface area contributed by atoms with Crippen LogP contribution in [0.5, 0.6) is 0 Å². The average molecular weight is 276 g/mol. The second-order valence-electron chi connectivity index (χ2n) is 5.63. The zero-order valence-corrected chi connectivity index (χ0v) is 13.0. The standard InChI is InChI=1S/C17H28N2O/c1-4-5-9-12-19(14(2)3)17(20)16(18)13-15-10-7-6-8-11-15/h6-8,10-11,14,16H,4-5,9,12-13,18H2,1-3H3. The minimum Gasteiger partial charge on any atom is -0.339 e. The molecule has 1 aromatic rings. The first-order valence-corrected chi connectivity index (χ1v) is 7.66. The molecule has 0 spiro atoms. The van der Waals surface area contributed by atoms with Crippen molar-refractivity contribution < 1.29 is 4.79 Å². The van der Waals surface area contributed by atoms with Crippen LogP contribution in [0.25, 0.3) is 0 Å². The van der Waals surface area contributed by atoms with E-state index in [2.05, 4.69) is 20.8 Å². The van der Waals surface area contributed by atoms with Gasteiger partial charge in [0, 0.05) is 12.6 Å². The molecule has 0 aliphatic carbocycles. The molecule has 2 N–H and O–H groups in total. The number of hydrogen-bond acceptors (Lipinski definition) is 2. The lowest BCUT2D eigenvalue weighted by Gasteiger charge is -2.29. The van der Waals surface area contributed by atoms with Crippen LogP contribution in [0.2, 0.25) is 0 Å². The third-order valence-corrected chi connectivity index (χ3v) is 3.52. The summed E-state index contributed by atoms with van der Waals surface area (Å²) in [5.41, 5.74) is 7.22. The molecule has 0 radical (unpaired) electrons. The van der Waals surface area contributed by atoms with Gasteiger partial charge in [-0.25, -0.2) is 0 Å². The molecule has 0 aromatic heterocycles. The van der Waals surface area contributed by atoms with E-state index in [1.54, 1.807) is 0 Å². The molecule has 1 unspecified atom stereocenters. The predicted molar refractivity (Wildman–Crippen MR) is 84.5 cm³/mol. The molecule has 3 heteroatoms. The highest BCUT2D eigenvalue weighted by Crippen LogP contribution is 2.09. The second-order valence-corrected chi connectivity index (χ2v) is 5.63. The molecular formula is C17H28N2O. The Balaban J connectivity index is 2.59. The van der Waals surface area contributed by atoms with Crippen LogP contribution in [0.1, 0.15) is 45.6 Å². The van der Waals surface area contributed by atoms with E-state index >= 15 is 0 Å². The van der Waals surface area contributed by atoms with Crippen LogP contribution in [0.15, 0.2) is 30.3 Å². The SMILES string of the molecule is CCCCCN(C(=O)C(N)Cc1ccccc1)C(C)C. The molecule has 1 amide bonds. The summed E-state index contributed by atoms with van der Waals surface area (Å²) >= 11 is 0. The lowest BCUT2D eigenvalue weighted by Crippen LogP contribution is -2.48. The summed E-state index contributed by atoms with van der Waals surface area (Å²) in [6, 6.07) is 9.74. The van der Waals surface area contributed by atoms with Crippen LogP contribution in [-0.2, 0) is 11.2 Å². The first-order valence-electron chi connectivity index (χ1n) is 7.66. The maximum Gasteiger partial charge on any atom is 0.240 e. The number of unbranched alkanes of at least 4 members (excludes halogenated alkanes) is 2. The first kappa shape index (κ1) is 16.7. The summed E-state index contributed by atoms with van der Waals surface area (Å²) in [6.45, 7) is 7.09. The van der Waals surface area contributed by atoms with Gasteiger partial charge in [-0.15, -0.1) is 0 Å². The van der Waals surface area contributed by atoms with Gasteiger partial charge in [0.2, 0.25) is 5.91 Å². The van der Waals surface area contributed by atoms with E-state index in [4.69, 9.17) is 5.73 Å². The number of benzene rings is 1. The summed E-state index contributed by atoms with van der Waals surface area (Å²) in [7, 11) is 0. The Morgan fingerprint density at radius 2 is 1.85 bits per heavy atom.